The van der Waals surface area contributed by atoms with Gasteiger partial charge in [0.05, 0.1) is 19.3 Å². The molecule has 0 unspecified atom stereocenters. The molecule has 2 heterocycles. The van der Waals surface area contributed by atoms with Crippen LogP contribution in [0.4, 0.5) is 0 Å². The van der Waals surface area contributed by atoms with Gasteiger partial charge in [-0.3, -0.25) is 4.79 Å². The molecular weight excluding hydrogens is 616 g/mol. The highest BCUT2D eigenvalue weighted by Gasteiger charge is 2.51. The van der Waals surface area contributed by atoms with Gasteiger partial charge in [0.2, 0.25) is 0 Å². The maximum absolute atomic E-state index is 11.5. The number of rotatable bonds is 22. The molecule has 0 aliphatic carbocycles. The standard InChI is InChI=1S/C30H54O16/c1-17(32)42-16-21-27(46-30-25(38)23(36)22(35)20(14-31)44-30)24(37)26(39)29(45-21)43-15-18(33)12-10-8-6-4-2-3-5-7-9-11-13-19(34)28(40)41/h18-27,29-31,33-39H,2-16H2,1H3,(H,40,41)/t18-,19+,20-,21-,22-,23+,24-,25-,26-,27-,29-,30+/m1/s1. The van der Waals surface area contributed by atoms with Gasteiger partial charge in [-0.1, -0.05) is 64.2 Å². The minimum atomic E-state index is -1.79. The molecule has 2 rings (SSSR count). The fourth-order valence-electron chi connectivity index (χ4n) is 5.42. The highest BCUT2D eigenvalue weighted by Crippen LogP contribution is 2.30. The number of hydrogen-bond acceptors (Lipinski definition) is 15. The van der Waals surface area contributed by atoms with Gasteiger partial charge < -0.3 is 69.6 Å². The summed E-state index contributed by atoms with van der Waals surface area (Å²) in [6.45, 7) is -0.217. The average Bonchev–Trinajstić information content (AvgIpc) is 3.02. The van der Waals surface area contributed by atoms with Crippen molar-refractivity contribution in [3.63, 3.8) is 0 Å². The number of carboxylic acids is 1. The Morgan fingerprint density at radius 3 is 1.76 bits per heavy atom. The maximum atomic E-state index is 11.5. The average molecular weight is 671 g/mol. The van der Waals surface area contributed by atoms with Gasteiger partial charge in [0.1, 0.15) is 55.4 Å². The van der Waals surface area contributed by atoms with Gasteiger partial charge >= 0.3 is 11.9 Å². The molecule has 9 N–H and O–H groups in total. The molecule has 0 saturated carbocycles. The Hall–Kier alpha value is -1.54. The first-order valence-electron chi connectivity index (χ1n) is 16.2. The number of aliphatic hydroxyl groups excluding tert-OH is 8. The van der Waals surface area contributed by atoms with Crippen molar-refractivity contribution in [2.24, 2.45) is 0 Å². The molecule has 270 valence electrons. The first-order valence-corrected chi connectivity index (χ1v) is 16.2. The number of carbonyl (C=O) groups is 2. The second-order valence-electron chi connectivity index (χ2n) is 12.1. The van der Waals surface area contributed by atoms with E-state index in [1.807, 2.05) is 0 Å². The summed E-state index contributed by atoms with van der Waals surface area (Å²) >= 11 is 0. The van der Waals surface area contributed by atoms with E-state index in [-0.39, 0.29) is 13.0 Å². The Labute approximate surface area is 268 Å². The molecule has 2 saturated heterocycles. The van der Waals surface area contributed by atoms with Gasteiger partial charge in [-0.15, -0.1) is 0 Å². The van der Waals surface area contributed by atoms with Crippen molar-refractivity contribution in [2.45, 2.75) is 158 Å². The third-order valence-corrected chi connectivity index (χ3v) is 8.23. The molecule has 16 nitrogen and oxygen atoms in total. The third kappa shape index (κ3) is 13.5. The SMILES string of the molecule is CC(=O)OC[C@H]1O[C@@H](OC[C@H](O)CCCCCCCCCCCC[C@H](O)C(=O)O)[C@H](O)[C@@H](O)[C@@H]1O[C@@H]1O[C@H](CO)[C@@H](O)[C@H](O)[C@H]1O. The van der Waals surface area contributed by atoms with Crippen LogP contribution >= 0.6 is 0 Å². The van der Waals surface area contributed by atoms with E-state index in [0.717, 1.165) is 64.7 Å². The van der Waals surface area contributed by atoms with Gasteiger partial charge in [-0.05, 0) is 12.8 Å². The zero-order chi connectivity index (χ0) is 34.2. The maximum Gasteiger partial charge on any atom is 0.332 e. The minimum Gasteiger partial charge on any atom is -0.479 e. The van der Waals surface area contributed by atoms with Gasteiger partial charge in [-0.2, -0.15) is 0 Å². The van der Waals surface area contributed by atoms with Crippen molar-refractivity contribution in [3.8, 4) is 0 Å². The molecule has 2 aliphatic heterocycles. The van der Waals surface area contributed by atoms with E-state index < -0.39 is 98.8 Å². The van der Waals surface area contributed by atoms with Crippen molar-refractivity contribution in [1.82, 2.24) is 0 Å². The molecule has 2 aliphatic rings. The molecule has 0 aromatic carbocycles. The lowest BCUT2D eigenvalue weighted by atomic mass is 9.97. The van der Waals surface area contributed by atoms with E-state index in [0.29, 0.717) is 12.8 Å². The second-order valence-corrected chi connectivity index (χ2v) is 12.1. The lowest BCUT2D eigenvalue weighted by Crippen LogP contribution is -2.65. The van der Waals surface area contributed by atoms with Crippen LogP contribution in [0, 0.1) is 0 Å². The van der Waals surface area contributed by atoms with Crippen LogP contribution in [0.5, 0.6) is 0 Å². The largest absolute Gasteiger partial charge is 0.479 e. The Bertz CT molecular complexity index is 861. The number of carbonyl (C=O) groups excluding carboxylic acids is 1. The second kappa shape index (κ2) is 21.4. The summed E-state index contributed by atoms with van der Waals surface area (Å²) < 4.78 is 27.2. The van der Waals surface area contributed by atoms with Crippen LogP contribution in [0.1, 0.15) is 84.0 Å². The predicted molar refractivity (Wildman–Crippen MR) is 157 cm³/mol. The highest BCUT2D eigenvalue weighted by molar-refractivity contribution is 5.71. The smallest absolute Gasteiger partial charge is 0.332 e. The van der Waals surface area contributed by atoms with Crippen LogP contribution in [-0.4, -0.2) is 151 Å². The Morgan fingerprint density at radius 2 is 1.22 bits per heavy atom. The fourth-order valence-corrected chi connectivity index (χ4v) is 5.42. The normalized spacial score (nSPS) is 33.0. The van der Waals surface area contributed by atoms with Gasteiger partial charge in [-0.25, -0.2) is 4.79 Å². The summed E-state index contributed by atoms with van der Waals surface area (Å²) in [4.78, 5) is 22.0. The molecule has 16 heteroatoms. The molecule has 0 aromatic heterocycles. The first kappa shape index (κ1) is 40.6. The predicted octanol–water partition coefficient (Wildman–Crippen LogP) is -1.31. The van der Waals surface area contributed by atoms with Crippen molar-refractivity contribution < 1.29 is 79.2 Å². The Morgan fingerprint density at radius 1 is 0.696 bits per heavy atom. The summed E-state index contributed by atoms with van der Waals surface area (Å²) in [5.41, 5.74) is 0. The summed E-state index contributed by atoms with van der Waals surface area (Å²) in [6, 6.07) is 0. The number of aliphatic carboxylic acids is 1. The van der Waals surface area contributed by atoms with E-state index >= 15 is 0 Å². The number of hydrogen-bond donors (Lipinski definition) is 9. The fraction of sp³-hybridized carbons (Fsp3) is 0.933. The zero-order valence-electron chi connectivity index (χ0n) is 26.4. The zero-order valence-corrected chi connectivity index (χ0v) is 26.4. The van der Waals surface area contributed by atoms with E-state index in [4.69, 9.17) is 28.8 Å². The molecular formula is C30H54O16. The topological polar surface area (TPSA) is 262 Å². The number of esters is 1. The summed E-state index contributed by atoms with van der Waals surface area (Å²) in [6.07, 6.45) is -7.52. The number of unbranched alkanes of at least 4 members (excludes halogenated alkanes) is 9. The quantitative estimate of drug-likeness (QED) is 0.0478. The number of aliphatic hydroxyl groups is 8. The molecule has 0 radical (unpaired) electrons. The van der Waals surface area contributed by atoms with E-state index in [1.165, 1.54) is 0 Å². The van der Waals surface area contributed by atoms with Crippen LogP contribution in [-0.2, 0) is 33.3 Å². The molecule has 2 fully saturated rings. The minimum absolute atomic E-state index is 0.212. The van der Waals surface area contributed by atoms with Gasteiger partial charge in [0.15, 0.2) is 18.7 Å². The van der Waals surface area contributed by atoms with E-state index in [2.05, 4.69) is 0 Å². The molecule has 12 atom stereocenters. The highest BCUT2D eigenvalue weighted by atomic mass is 16.7. The number of carboxylic acid groups (broad SMARTS) is 1. The lowest BCUT2D eigenvalue weighted by Gasteiger charge is -2.46. The van der Waals surface area contributed by atoms with Crippen molar-refractivity contribution in [3.05, 3.63) is 0 Å². The van der Waals surface area contributed by atoms with E-state index in [1.54, 1.807) is 0 Å². The molecule has 0 spiro atoms. The molecule has 0 aromatic rings. The van der Waals surface area contributed by atoms with Crippen LogP contribution < -0.4 is 0 Å². The van der Waals surface area contributed by atoms with Crippen molar-refractivity contribution in [1.29, 1.82) is 0 Å². The van der Waals surface area contributed by atoms with Crippen LogP contribution in [0.25, 0.3) is 0 Å². The summed E-state index contributed by atoms with van der Waals surface area (Å²) in [5.74, 6) is -1.85. The Kier molecular flexibility index (Phi) is 18.9. The lowest BCUT2D eigenvalue weighted by molar-refractivity contribution is -0.360. The van der Waals surface area contributed by atoms with Crippen LogP contribution in [0.15, 0.2) is 0 Å². The first-order chi connectivity index (χ1) is 21.9. The molecule has 46 heavy (non-hydrogen) atoms. The third-order valence-electron chi connectivity index (χ3n) is 8.23. The Balaban J connectivity index is 1.71. The van der Waals surface area contributed by atoms with E-state index in [9.17, 15) is 50.4 Å². The summed E-state index contributed by atoms with van der Waals surface area (Å²) in [5, 5.41) is 89.7. The van der Waals surface area contributed by atoms with Crippen LogP contribution in [0.3, 0.4) is 0 Å². The monoisotopic (exact) mass is 670 g/mol. The van der Waals surface area contributed by atoms with Crippen LogP contribution in [0.2, 0.25) is 0 Å². The summed E-state index contributed by atoms with van der Waals surface area (Å²) in [7, 11) is 0. The molecule has 0 amide bonds. The van der Waals surface area contributed by atoms with Crippen molar-refractivity contribution in [2.75, 3.05) is 19.8 Å². The van der Waals surface area contributed by atoms with Crippen molar-refractivity contribution >= 4 is 11.9 Å². The molecule has 0 bridgehead atoms. The van der Waals surface area contributed by atoms with Gasteiger partial charge in [0, 0.05) is 6.92 Å². The van der Waals surface area contributed by atoms with Gasteiger partial charge in [0.25, 0.3) is 0 Å². The number of ether oxygens (including phenoxy) is 5.